The van der Waals surface area contributed by atoms with E-state index < -0.39 is 5.54 Å². The van der Waals surface area contributed by atoms with Crippen molar-refractivity contribution >= 4 is 23.2 Å². The maximum Gasteiger partial charge on any atom is 0.274 e. The van der Waals surface area contributed by atoms with Crippen molar-refractivity contribution in [2.45, 2.75) is 47.1 Å². The lowest BCUT2D eigenvalue weighted by molar-refractivity contribution is -0.281. The Kier molecular flexibility index (Phi) is 5.30. The molecule has 0 fully saturated rings. The highest BCUT2D eigenvalue weighted by atomic mass is 35.5. The Morgan fingerprint density at radius 3 is 2.61 bits per heavy atom. The highest BCUT2D eigenvalue weighted by Crippen LogP contribution is 2.33. The molecular formula is C21H26ClN3O3. The molecule has 6 nitrogen and oxygen atoms in total. The molecule has 0 bridgehead atoms. The van der Waals surface area contributed by atoms with Crippen molar-refractivity contribution in [1.29, 1.82) is 0 Å². The minimum absolute atomic E-state index is 0.0672. The van der Waals surface area contributed by atoms with Gasteiger partial charge in [0.1, 0.15) is 0 Å². The van der Waals surface area contributed by atoms with E-state index in [1.807, 2.05) is 71.9 Å². The van der Waals surface area contributed by atoms with Gasteiger partial charge in [0, 0.05) is 16.3 Å². The highest BCUT2D eigenvalue weighted by Gasteiger charge is 2.43. The summed E-state index contributed by atoms with van der Waals surface area (Å²) in [6.07, 6.45) is 0. The van der Waals surface area contributed by atoms with Crippen LogP contribution in [0.4, 0.5) is 0 Å². The van der Waals surface area contributed by atoms with E-state index in [-0.39, 0.29) is 11.3 Å². The predicted octanol–water partition coefficient (Wildman–Crippen LogP) is 4.58. The van der Waals surface area contributed by atoms with Crippen molar-refractivity contribution in [3.63, 3.8) is 0 Å². The van der Waals surface area contributed by atoms with E-state index >= 15 is 0 Å². The number of nitrogens with one attached hydrogen (secondary N) is 1. The van der Waals surface area contributed by atoms with Crippen molar-refractivity contribution in [3.8, 4) is 11.3 Å². The Balaban J connectivity index is 2.01. The lowest BCUT2D eigenvalue weighted by Crippen LogP contribution is -2.39. The van der Waals surface area contributed by atoms with E-state index in [0.29, 0.717) is 23.1 Å². The second-order valence-electron chi connectivity index (χ2n) is 8.76. The van der Waals surface area contributed by atoms with Crippen LogP contribution in [0.3, 0.4) is 0 Å². The summed E-state index contributed by atoms with van der Waals surface area (Å²) in [4.78, 5) is 23.8. The smallest absolute Gasteiger partial charge is 0.274 e. The van der Waals surface area contributed by atoms with Crippen LogP contribution in [0.1, 0.15) is 40.3 Å². The molecule has 0 aliphatic carbocycles. The third-order valence-electron chi connectivity index (χ3n) is 4.28. The van der Waals surface area contributed by atoms with Crippen LogP contribution in [0.25, 0.3) is 17.0 Å². The summed E-state index contributed by atoms with van der Waals surface area (Å²) in [5.41, 5.74) is 1.94. The molecule has 1 aliphatic heterocycles. The first-order valence-electron chi connectivity index (χ1n) is 9.18. The quantitative estimate of drug-likeness (QED) is 0.586. The number of hydrogen-bond donors (Lipinski definition) is 1. The topological polar surface area (TPSA) is 65.4 Å². The van der Waals surface area contributed by atoms with Gasteiger partial charge in [-0.1, -0.05) is 44.5 Å². The van der Waals surface area contributed by atoms with E-state index in [1.54, 1.807) is 4.68 Å². The molecule has 3 rings (SSSR count). The van der Waals surface area contributed by atoms with Crippen LogP contribution in [0, 0.1) is 12.3 Å². The number of hydrogen-bond acceptors (Lipinski definition) is 4. The molecule has 0 atom stereocenters. The first-order chi connectivity index (χ1) is 13.0. The Morgan fingerprint density at radius 2 is 1.96 bits per heavy atom. The molecule has 0 saturated heterocycles. The second-order valence-corrected chi connectivity index (χ2v) is 9.19. The molecule has 2 aromatic rings. The van der Waals surface area contributed by atoms with Crippen LogP contribution in [0.2, 0.25) is 5.02 Å². The maximum atomic E-state index is 12.7. The fourth-order valence-electron chi connectivity index (χ4n) is 2.89. The zero-order chi connectivity index (χ0) is 20.7. The summed E-state index contributed by atoms with van der Waals surface area (Å²) in [5.74, 6) is 0.147. The summed E-state index contributed by atoms with van der Waals surface area (Å²) in [6.45, 7) is 12.1. The molecule has 0 unspecified atom stereocenters. The molecule has 0 spiro atoms. The van der Waals surface area contributed by atoms with Gasteiger partial charge in [-0.05, 0) is 44.4 Å². The van der Waals surface area contributed by atoms with E-state index in [0.717, 1.165) is 17.0 Å². The number of halogens is 1. The molecule has 28 heavy (non-hydrogen) atoms. The number of aryl methyl sites for hydroxylation is 1. The zero-order valence-corrected chi connectivity index (χ0v) is 17.8. The van der Waals surface area contributed by atoms with Gasteiger partial charge in [-0.15, -0.1) is 0 Å². The number of benzene rings is 1. The second kappa shape index (κ2) is 7.26. The standard InChI is InChI=1S/C21H26ClN3O3/c1-13-10-16(14-8-7-9-15(22)11-14)24-25(13)17-18(21(5,6)23-19(17)26)28-27-12-20(2,3)4/h7-11H,12H2,1-6H3,(H,23,26). The van der Waals surface area contributed by atoms with Gasteiger partial charge in [0.2, 0.25) is 0 Å². The van der Waals surface area contributed by atoms with Gasteiger partial charge in [0.15, 0.2) is 11.5 Å². The van der Waals surface area contributed by atoms with Gasteiger partial charge in [-0.3, -0.25) is 4.79 Å². The molecule has 0 saturated carbocycles. The Hall–Kier alpha value is -2.31. The minimum Gasteiger partial charge on any atom is -0.338 e. The summed E-state index contributed by atoms with van der Waals surface area (Å²) < 4.78 is 1.59. The summed E-state index contributed by atoms with van der Waals surface area (Å²) in [7, 11) is 0. The molecule has 1 aliphatic rings. The van der Waals surface area contributed by atoms with Crippen molar-refractivity contribution in [1.82, 2.24) is 15.1 Å². The summed E-state index contributed by atoms with van der Waals surface area (Å²) >= 11 is 6.10. The average Bonchev–Trinajstić information content (AvgIpc) is 3.03. The molecule has 7 heteroatoms. The number of amides is 1. The van der Waals surface area contributed by atoms with E-state index in [2.05, 4.69) is 10.4 Å². The number of nitrogens with zero attached hydrogens (tertiary/aromatic N) is 2. The Labute approximate surface area is 170 Å². The van der Waals surface area contributed by atoms with E-state index in [1.165, 1.54) is 0 Å². The SMILES string of the molecule is Cc1cc(-c2cccc(Cl)c2)nn1C1=C(OOCC(C)(C)C)C(C)(C)NC1=O. The lowest BCUT2D eigenvalue weighted by Gasteiger charge is -2.23. The summed E-state index contributed by atoms with van der Waals surface area (Å²) in [6, 6.07) is 9.35. The van der Waals surface area contributed by atoms with Crippen molar-refractivity contribution < 1.29 is 14.6 Å². The predicted molar refractivity (Wildman–Crippen MR) is 109 cm³/mol. The first-order valence-corrected chi connectivity index (χ1v) is 9.55. The van der Waals surface area contributed by atoms with Crippen molar-refractivity contribution in [2.24, 2.45) is 5.41 Å². The molecule has 1 aromatic heterocycles. The van der Waals surface area contributed by atoms with Crippen molar-refractivity contribution in [3.05, 3.63) is 46.8 Å². The number of rotatable bonds is 5. The number of aromatic nitrogens is 2. The Morgan fingerprint density at radius 1 is 1.25 bits per heavy atom. The molecule has 1 aromatic carbocycles. The van der Waals surface area contributed by atoms with Crippen LogP contribution in [-0.4, -0.2) is 27.8 Å². The normalized spacial score (nSPS) is 16.5. The van der Waals surface area contributed by atoms with E-state index in [9.17, 15) is 4.79 Å². The number of carbonyl (C=O) groups is 1. The van der Waals surface area contributed by atoms with Gasteiger partial charge in [-0.25, -0.2) is 4.68 Å². The molecular weight excluding hydrogens is 378 g/mol. The van der Waals surface area contributed by atoms with E-state index in [4.69, 9.17) is 21.4 Å². The van der Waals surface area contributed by atoms with Crippen LogP contribution in [0.15, 0.2) is 36.1 Å². The van der Waals surface area contributed by atoms with Crippen LogP contribution in [0.5, 0.6) is 0 Å². The Bertz CT molecular complexity index is 939. The maximum absolute atomic E-state index is 12.7. The van der Waals surface area contributed by atoms with Crippen LogP contribution >= 0.6 is 11.6 Å². The van der Waals surface area contributed by atoms with Gasteiger partial charge >= 0.3 is 0 Å². The van der Waals surface area contributed by atoms with Gasteiger partial charge in [-0.2, -0.15) is 9.99 Å². The third-order valence-corrected chi connectivity index (χ3v) is 4.51. The largest absolute Gasteiger partial charge is 0.338 e. The zero-order valence-electron chi connectivity index (χ0n) is 17.1. The monoisotopic (exact) mass is 403 g/mol. The summed E-state index contributed by atoms with van der Waals surface area (Å²) in [5, 5.41) is 8.18. The third kappa shape index (κ3) is 4.23. The van der Waals surface area contributed by atoms with Crippen LogP contribution < -0.4 is 5.32 Å². The molecule has 0 radical (unpaired) electrons. The molecule has 2 heterocycles. The molecule has 150 valence electrons. The fourth-order valence-corrected chi connectivity index (χ4v) is 3.08. The first kappa shape index (κ1) is 20.4. The van der Waals surface area contributed by atoms with Crippen molar-refractivity contribution in [2.75, 3.05) is 6.61 Å². The van der Waals surface area contributed by atoms with Gasteiger partial charge < -0.3 is 10.2 Å². The fraction of sp³-hybridized carbons (Fsp3) is 0.429. The highest BCUT2D eigenvalue weighted by molar-refractivity contribution is 6.30. The average molecular weight is 404 g/mol. The minimum atomic E-state index is -0.709. The van der Waals surface area contributed by atoms with Gasteiger partial charge in [0.05, 0.1) is 17.8 Å². The molecule has 1 amide bonds. The van der Waals surface area contributed by atoms with Crippen LogP contribution in [-0.2, 0) is 14.6 Å². The van der Waals surface area contributed by atoms with Gasteiger partial charge in [0.25, 0.3) is 5.91 Å². The lowest BCUT2D eigenvalue weighted by atomic mass is 9.99. The molecule has 1 N–H and O–H groups in total. The number of carbonyl (C=O) groups excluding carboxylic acids is 1.